The predicted molar refractivity (Wildman–Crippen MR) is 65.2 cm³/mol. The van der Waals surface area contributed by atoms with E-state index in [0.29, 0.717) is 0 Å². The molecule has 0 atom stereocenters. The van der Waals surface area contributed by atoms with Crippen molar-refractivity contribution >= 4 is 11.8 Å². The summed E-state index contributed by atoms with van der Waals surface area (Å²) in [5.74, 6) is -0.355. The molecule has 94 valence electrons. The third-order valence-electron chi connectivity index (χ3n) is 3.74. The highest BCUT2D eigenvalue weighted by Gasteiger charge is 2.50. The number of hydrogen-bond acceptors (Lipinski definition) is 3. The van der Waals surface area contributed by atoms with Gasteiger partial charge in [0.15, 0.2) is 0 Å². The molecule has 1 N–H and O–H groups in total. The largest absolute Gasteiger partial charge is 0.316 e. The van der Waals surface area contributed by atoms with E-state index in [1.807, 2.05) is 0 Å². The van der Waals surface area contributed by atoms with Gasteiger partial charge >= 0.3 is 0 Å². The van der Waals surface area contributed by atoms with Crippen LogP contribution in [0.1, 0.15) is 27.7 Å². The van der Waals surface area contributed by atoms with E-state index in [0.717, 1.165) is 13.1 Å². The zero-order valence-corrected chi connectivity index (χ0v) is 10.9. The second-order valence-corrected chi connectivity index (χ2v) is 6.36. The Hall–Kier alpha value is -1.16. The number of rotatable bonds is 1. The first kappa shape index (κ1) is 12.3. The van der Waals surface area contributed by atoms with Gasteiger partial charge < -0.3 is 5.32 Å². The summed E-state index contributed by atoms with van der Waals surface area (Å²) in [6.07, 6.45) is 2.74. The van der Waals surface area contributed by atoms with Gasteiger partial charge in [-0.3, -0.25) is 14.5 Å². The van der Waals surface area contributed by atoms with Crippen LogP contribution in [0.15, 0.2) is 12.2 Å². The average molecular weight is 236 g/mol. The maximum absolute atomic E-state index is 11.9. The van der Waals surface area contributed by atoms with Crippen molar-refractivity contribution in [2.75, 3.05) is 13.1 Å². The van der Waals surface area contributed by atoms with Crippen LogP contribution >= 0.6 is 0 Å². The lowest BCUT2D eigenvalue weighted by Crippen LogP contribution is -2.64. The highest BCUT2D eigenvalue weighted by molar-refractivity contribution is 6.13. The number of amides is 2. The Morgan fingerprint density at radius 1 is 1.06 bits per heavy atom. The summed E-state index contributed by atoms with van der Waals surface area (Å²) in [6, 6.07) is -0.0637. The molecule has 1 saturated heterocycles. The van der Waals surface area contributed by atoms with E-state index in [2.05, 4.69) is 33.0 Å². The van der Waals surface area contributed by atoms with Gasteiger partial charge in [-0.15, -0.1) is 0 Å². The summed E-state index contributed by atoms with van der Waals surface area (Å²) < 4.78 is 0. The summed E-state index contributed by atoms with van der Waals surface area (Å²) in [4.78, 5) is 25.1. The van der Waals surface area contributed by atoms with Crippen molar-refractivity contribution in [3.8, 4) is 0 Å². The summed E-state index contributed by atoms with van der Waals surface area (Å²) in [7, 11) is 0. The van der Waals surface area contributed by atoms with Gasteiger partial charge in [-0.25, -0.2) is 0 Å². The molecule has 0 spiro atoms. The Labute approximate surface area is 102 Å². The van der Waals surface area contributed by atoms with Crippen LogP contribution in [0.25, 0.3) is 0 Å². The fraction of sp³-hybridized carbons (Fsp3) is 0.692. The molecule has 2 rings (SSSR count). The van der Waals surface area contributed by atoms with Crippen molar-refractivity contribution in [3.63, 3.8) is 0 Å². The van der Waals surface area contributed by atoms with Crippen LogP contribution in [0.3, 0.4) is 0 Å². The Kier molecular flexibility index (Phi) is 2.65. The fourth-order valence-electron chi connectivity index (χ4n) is 3.32. The van der Waals surface area contributed by atoms with E-state index in [1.165, 1.54) is 17.1 Å². The lowest BCUT2D eigenvalue weighted by molar-refractivity contribution is -0.148. The van der Waals surface area contributed by atoms with Gasteiger partial charge in [-0.2, -0.15) is 0 Å². The van der Waals surface area contributed by atoms with Crippen LogP contribution in [0.2, 0.25) is 0 Å². The Bertz CT molecular complexity index is 362. The number of piperidine rings is 1. The van der Waals surface area contributed by atoms with Crippen molar-refractivity contribution in [1.82, 2.24) is 10.2 Å². The van der Waals surface area contributed by atoms with Gasteiger partial charge in [0.05, 0.1) is 6.04 Å². The predicted octanol–water partition coefficient (Wildman–Crippen LogP) is 0.936. The molecule has 4 heteroatoms. The lowest BCUT2D eigenvalue weighted by Gasteiger charge is -2.52. The highest BCUT2D eigenvalue weighted by atomic mass is 16.2. The third-order valence-corrected chi connectivity index (χ3v) is 3.74. The van der Waals surface area contributed by atoms with Crippen molar-refractivity contribution in [3.05, 3.63) is 12.2 Å². The standard InChI is InChI=1S/C13H20N2O2/c1-12(2)7-14-8-13(3,4)11(12)15-9(16)5-6-10(15)17/h5-6,11,14H,7-8H2,1-4H3. The molecule has 17 heavy (non-hydrogen) atoms. The maximum atomic E-state index is 11.9. The van der Waals surface area contributed by atoms with Crippen LogP contribution < -0.4 is 5.32 Å². The summed E-state index contributed by atoms with van der Waals surface area (Å²) >= 11 is 0. The number of imide groups is 1. The minimum atomic E-state index is -0.178. The van der Waals surface area contributed by atoms with E-state index in [1.54, 1.807) is 0 Å². The number of nitrogens with zero attached hydrogens (tertiary/aromatic N) is 1. The molecule has 2 aliphatic heterocycles. The molecule has 2 aliphatic rings. The number of nitrogens with one attached hydrogen (secondary N) is 1. The molecule has 0 radical (unpaired) electrons. The van der Waals surface area contributed by atoms with E-state index < -0.39 is 0 Å². The molecule has 0 unspecified atom stereocenters. The summed E-state index contributed by atoms with van der Waals surface area (Å²) in [5, 5.41) is 3.38. The Morgan fingerprint density at radius 3 is 1.88 bits per heavy atom. The lowest BCUT2D eigenvalue weighted by atomic mass is 9.66. The first-order chi connectivity index (χ1) is 7.76. The molecule has 0 aromatic rings. The van der Waals surface area contributed by atoms with Gasteiger partial charge in [-0.1, -0.05) is 27.7 Å². The Morgan fingerprint density at radius 2 is 1.47 bits per heavy atom. The smallest absolute Gasteiger partial charge is 0.253 e. The molecular weight excluding hydrogens is 216 g/mol. The molecule has 2 amide bonds. The van der Waals surface area contributed by atoms with Crippen LogP contribution in [0, 0.1) is 10.8 Å². The van der Waals surface area contributed by atoms with Crippen LogP contribution in [-0.2, 0) is 9.59 Å². The third kappa shape index (κ3) is 1.90. The van der Waals surface area contributed by atoms with Crippen molar-refractivity contribution in [1.29, 1.82) is 0 Å². The maximum Gasteiger partial charge on any atom is 0.253 e. The van der Waals surface area contributed by atoms with E-state index in [-0.39, 0.29) is 28.7 Å². The number of carbonyl (C=O) groups excluding carboxylic acids is 2. The van der Waals surface area contributed by atoms with E-state index >= 15 is 0 Å². The molecule has 0 bridgehead atoms. The zero-order valence-electron chi connectivity index (χ0n) is 10.9. The normalized spacial score (nSPS) is 27.9. The SMILES string of the molecule is CC1(C)CNCC(C)(C)C1N1C(=O)C=CC1=O. The topological polar surface area (TPSA) is 49.4 Å². The van der Waals surface area contributed by atoms with Gasteiger partial charge in [0.2, 0.25) is 0 Å². The monoisotopic (exact) mass is 236 g/mol. The first-order valence-corrected chi connectivity index (χ1v) is 6.02. The molecule has 2 heterocycles. The molecular formula is C13H20N2O2. The molecule has 0 aliphatic carbocycles. The van der Waals surface area contributed by atoms with Crippen LogP contribution in [0.4, 0.5) is 0 Å². The van der Waals surface area contributed by atoms with Gasteiger partial charge in [-0.05, 0) is 10.8 Å². The summed E-state index contributed by atoms with van der Waals surface area (Å²) in [6.45, 7) is 10.0. The molecule has 4 nitrogen and oxygen atoms in total. The molecule has 0 aromatic heterocycles. The van der Waals surface area contributed by atoms with Crippen LogP contribution in [-0.4, -0.2) is 35.8 Å². The minimum absolute atomic E-state index is 0.0637. The molecule has 1 fully saturated rings. The van der Waals surface area contributed by atoms with Gasteiger partial charge in [0, 0.05) is 25.2 Å². The average Bonchev–Trinajstić information content (AvgIpc) is 2.46. The van der Waals surface area contributed by atoms with Crippen molar-refractivity contribution in [2.45, 2.75) is 33.7 Å². The zero-order chi connectivity index (χ0) is 12.8. The second-order valence-electron chi connectivity index (χ2n) is 6.36. The van der Waals surface area contributed by atoms with E-state index in [4.69, 9.17) is 0 Å². The number of carbonyl (C=O) groups is 2. The fourth-order valence-corrected chi connectivity index (χ4v) is 3.32. The van der Waals surface area contributed by atoms with Gasteiger partial charge in [0.1, 0.15) is 0 Å². The van der Waals surface area contributed by atoms with Gasteiger partial charge in [0.25, 0.3) is 11.8 Å². The second kappa shape index (κ2) is 3.67. The van der Waals surface area contributed by atoms with Crippen molar-refractivity contribution in [2.24, 2.45) is 10.8 Å². The quantitative estimate of drug-likeness (QED) is 0.689. The highest BCUT2D eigenvalue weighted by Crippen LogP contribution is 2.41. The first-order valence-electron chi connectivity index (χ1n) is 6.02. The molecule has 0 aromatic carbocycles. The number of hydrogen-bond donors (Lipinski definition) is 1. The molecule has 0 saturated carbocycles. The van der Waals surface area contributed by atoms with E-state index in [9.17, 15) is 9.59 Å². The minimum Gasteiger partial charge on any atom is -0.316 e. The summed E-state index contributed by atoms with van der Waals surface area (Å²) in [5.41, 5.74) is -0.224. The van der Waals surface area contributed by atoms with Crippen LogP contribution in [0.5, 0.6) is 0 Å². The Balaban J connectivity index is 2.39. The van der Waals surface area contributed by atoms with Crippen molar-refractivity contribution < 1.29 is 9.59 Å².